The van der Waals surface area contributed by atoms with Crippen LogP contribution in [0.2, 0.25) is 5.02 Å². The molecule has 0 spiro atoms. The number of amides is 1. The van der Waals surface area contributed by atoms with Gasteiger partial charge in [0.1, 0.15) is 12.2 Å². The Bertz CT molecular complexity index is 780. The average Bonchev–Trinajstić information content (AvgIpc) is 2.64. The molecule has 1 fully saturated rings. The van der Waals surface area contributed by atoms with Crippen LogP contribution >= 0.6 is 11.6 Å². The predicted molar refractivity (Wildman–Crippen MR) is 92.3 cm³/mol. The lowest BCUT2D eigenvalue weighted by molar-refractivity contribution is 0.0889. The van der Waals surface area contributed by atoms with Crippen molar-refractivity contribution < 1.29 is 9.53 Å². The number of benzene rings is 1. The summed E-state index contributed by atoms with van der Waals surface area (Å²) in [5.74, 6) is 0.181. The van der Waals surface area contributed by atoms with Crippen LogP contribution in [-0.4, -0.2) is 28.0 Å². The minimum Gasteiger partial charge on any atom is -0.472 e. The summed E-state index contributed by atoms with van der Waals surface area (Å²) in [5.41, 5.74) is 0.793. The number of hydrogen-bond acceptors (Lipinski definition) is 5. The van der Waals surface area contributed by atoms with Crippen molar-refractivity contribution in [3.8, 4) is 11.9 Å². The van der Waals surface area contributed by atoms with Gasteiger partial charge in [-0.2, -0.15) is 5.26 Å². The van der Waals surface area contributed by atoms with E-state index in [1.54, 1.807) is 24.3 Å². The van der Waals surface area contributed by atoms with E-state index in [0.717, 1.165) is 25.7 Å². The largest absolute Gasteiger partial charge is 0.472 e. The summed E-state index contributed by atoms with van der Waals surface area (Å²) in [6.45, 7) is 0. The lowest BCUT2D eigenvalue weighted by Crippen LogP contribution is -2.39. The van der Waals surface area contributed by atoms with Crippen molar-refractivity contribution in [1.82, 2.24) is 15.3 Å². The number of ether oxygens (including phenoxy) is 1. The second-order valence-electron chi connectivity index (χ2n) is 5.89. The summed E-state index contributed by atoms with van der Waals surface area (Å²) < 4.78 is 5.80. The number of nitrogens with zero attached hydrogens (tertiary/aromatic N) is 3. The van der Waals surface area contributed by atoms with Crippen LogP contribution in [0.3, 0.4) is 0 Å². The first-order chi connectivity index (χ1) is 12.2. The molecule has 1 aliphatic rings. The molecule has 1 aromatic heterocycles. The highest BCUT2D eigenvalue weighted by Crippen LogP contribution is 2.24. The SMILES string of the molecule is N#Cc1nccnc1OC1CCC(NC(=O)c2ccc(Cl)cc2)CC1. The number of nitrogens with one attached hydrogen (secondary N) is 1. The minimum atomic E-state index is -0.0956. The summed E-state index contributed by atoms with van der Waals surface area (Å²) in [6.07, 6.45) is 6.15. The minimum absolute atomic E-state index is 0.0208. The van der Waals surface area contributed by atoms with Crippen molar-refractivity contribution in [1.29, 1.82) is 5.26 Å². The van der Waals surface area contributed by atoms with Gasteiger partial charge in [-0.15, -0.1) is 0 Å². The molecule has 0 aliphatic heterocycles. The van der Waals surface area contributed by atoms with Crippen LogP contribution in [0.1, 0.15) is 41.7 Å². The normalized spacial score (nSPS) is 19.7. The lowest BCUT2D eigenvalue weighted by Gasteiger charge is -2.29. The first-order valence-electron chi connectivity index (χ1n) is 8.10. The molecule has 1 amide bonds. The molecule has 1 N–H and O–H groups in total. The van der Waals surface area contributed by atoms with E-state index >= 15 is 0 Å². The Hall–Kier alpha value is -2.65. The van der Waals surface area contributed by atoms with E-state index in [1.807, 2.05) is 6.07 Å². The molecular formula is C18H17ClN4O2. The molecule has 0 unspecified atom stereocenters. The third-order valence-electron chi connectivity index (χ3n) is 4.16. The van der Waals surface area contributed by atoms with Crippen LogP contribution in [0.25, 0.3) is 0 Å². The average molecular weight is 357 g/mol. The number of hydrogen-bond donors (Lipinski definition) is 1. The smallest absolute Gasteiger partial charge is 0.251 e. The van der Waals surface area contributed by atoms with Crippen molar-refractivity contribution >= 4 is 17.5 Å². The molecule has 0 radical (unpaired) electrons. The fourth-order valence-electron chi connectivity index (χ4n) is 2.84. The van der Waals surface area contributed by atoms with Gasteiger partial charge in [-0.1, -0.05) is 11.6 Å². The van der Waals surface area contributed by atoms with Crippen molar-refractivity contribution in [2.75, 3.05) is 0 Å². The van der Waals surface area contributed by atoms with E-state index in [9.17, 15) is 4.79 Å². The molecule has 0 saturated heterocycles. The zero-order chi connectivity index (χ0) is 17.6. The molecule has 1 saturated carbocycles. The van der Waals surface area contributed by atoms with Crippen molar-refractivity contribution in [2.45, 2.75) is 37.8 Å². The van der Waals surface area contributed by atoms with E-state index in [-0.39, 0.29) is 29.6 Å². The monoisotopic (exact) mass is 356 g/mol. The summed E-state index contributed by atoms with van der Waals surface area (Å²) in [6, 6.07) is 8.92. The molecule has 6 nitrogen and oxygen atoms in total. The Balaban J connectivity index is 1.51. The van der Waals surface area contributed by atoms with E-state index < -0.39 is 0 Å². The topological polar surface area (TPSA) is 87.9 Å². The van der Waals surface area contributed by atoms with Crippen LogP contribution in [0.4, 0.5) is 0 Å². The molecular weight excluding hydrogens is 340 g/mol. The van der Waals surface area contributed by atoms with Gasteiger partial charge in [0.15, 0.2) is 0 Å². The van der Waals surface area contributed by atoms with Gasteiger partial charge in [0.05, 0.1) is 0 Å². The van der Waals surface area contributed by atoms with Gasteiger partial charge in [-0.25, -0.2) is 9.97 Å². The lowest BCUT2D eigenvalue weighted by atomic mass is 9.92. The zero-order valence-corrected chi connectivity index (χ0v) is 14.2. The van der Waals surface area contributed by atoms with Crippen molar-refractivity contribution in [3.63, 3.8) is 0 Å². The highest BCUT2D eigenvalue weighted by molar-refractivity contribution is 6.30. The van der Waals surface area contributed by atoms with Gasteiger partial charge in [-0.3, -0.25) is 4.79 Å². The second kappa shape index (κ2) is 7.95. The number of nitriles is 1. The zero-order valence-electron chi connectivity index (χ0n) is 13.5. The third-order valence-corrected chi connectivity index (χ3v) is 4.42. The Morgan fingerprint density at radius 1 is 1.16 bits per heavy atom. The van der Waals surface area contributed by atoms with Crippen LogP contribution in [0.5, 0.6) is 5.88 Å². The Labute approximate surface area is 150 Å². The number of carbonyl (C=O) groups is 1. The highest BCUT2D eigenvalue weighted by atomic mass is 35.5. The van der Waals surface area contributed by atoms with Crippen molar-refractivity contribution in [3.05, 3.63) is 52.9 Å². The molecule has 128 valence electrons. The fraction of sp³-hybridized carbons (Fsp3) is 0.333. The molecule has 3 rings (SSSR count). The summed E-state index contributed by atoms with van der Waals surface area (Å²) >= 11 is 5.84. The van der Waals surface area contributed by atoms with Gasteiger partial charge in [0, 0.05) is 29.0 Å². The Morgan fingerprint density at radius 3 is 2.52 bits per heavy atom. The number of rotatable bonds is 4. The molecule has 0 atom stereocenters. The molecule has 1 aromatic carbocycles. The maximum atomic E-state index is 12.2. The van der Waals surface area contributed by atoms with Gasteiger partial charge in [0.2, 0.25) is 5.69 Å². The first-order valence-corrected chi connectivity index (χ1v) is 8.47. The second-order valence-corrected chi connectivity index (χ2v) is 6.33. The highest BCUT2D eigenvalue weighted by Gasteiger charge is 2.25. The standard InChI is InChI=1S/C18H17ClN4O2/c19-13-3-1-12(2-4-13)17(24)23-14-5-7-15(8-6-14)25-18-16(11-20)21-9-10-22-18/h1-4,9-10,14-15H,5-8H2,(H,23,24). The number of halogens is 1. The van der Waals surface area contributed by atoms with Crippen LogP contribution in [0.15, 0.2) is 36.7 Å². The molecule has 25 heavy (non-hydrogen) atoms. The summed E-state index contributed by atoms with van der Waals surface area (Å²) in [7, 11) is 0. The predicted octanol–water partition coefficient (Wildman–Crippen LogP) is 3.12. The van der Waals surface area contributed by atoms with Crippen LogP contribution < -0.4 is 10.1 Å². The van der Waals surface area contributed by atoms with E-state index in [4.69, 9.17) is 21.6 Å². The van der Waals surface area contributed by atoms with E-state index in [1.165, 1.54) is 12.4 Å². The maximum absolute atomic E-state index is 12.2. The van der Waals surface area contributed by atoms with E-state index in [0.29, 0.717) is 10.6 Å². The quantitative estimate of drug-likeness (QED) is 0.909. The van der Waals surface area contributed by atoms with Gasteiger partial charge >= 0.3 is 0 Å². The molecule has 7 heteroatoms. The molecule has 0 bridgehead atoms. The first kappa shape index (κ1) is 17.2. The summed E-state index contributed by atoms with van der Waals surface area (Å²) in [5, 5.41) is 12.7. The molecule has 1 heterocycles. The van der Waals surface area contributed by atoms with Gasteiger partial charge < -0.3 is 10.1 Å². The third kappa shape index (κ3) is 4.46. The van der Waals surface area contributed by atoms with Crippen LogP contribution in [-0.2, 0) is 0 Å². The Morgan fingerprint density at radius 2 is 1.84 bits per heavy atom. The summed E-state index contributed by atoms with van der Waals surface area (Å²) in [4.78, 5) is 20.3. The van der Waals surface area contributed by atoms with Gasteiger partial charge in [-0.05, 0) is 49.9 Å². The van der Waals surface area contributed by atoms with Crippen molar-refractivity contribution in [2.24, 2.45) is 0 Å². The molecule has 1 aliphatic carbocycles. The maximum Gasteiger partial charge on any atom is 0.251 e. The number of aromatic nitrogens is 2. The van der Waals surface area contributed by atoms with Crippen LogP contribution in [0, 0.1) is 11.3 Å². The molecule has 2 aromatic rings. The Kier molecular flexibility index (Phi) is 5.46. The number of carbonyl (C=O) groups excluding carboxylic acids is 1. The van der Waals surface area contributed by atoms with Gasteiger partial charge in [0.25, 0.3) is 11.8 Å². The fourth-order valence-corrected chi connectivity index (χ4v) is 2.97. The van der Waals surface area contributed by atoms with E-state index in [2.05, 4.69) is 15.3 Å².